The molecule has 0 saturated heterocycles. The van der Waals surface area contributed by atoms with Crippen molar-refractivity contribution in [1.82, 2.24) is 0 Å². The van der Waals surface area contributed by atoms with Crippen LogP contribution in [-0.4, -0.2) is 6.29 Å². The molecule has 0 fully saturated rings. The summed E-state index contributed by atoms with van der Waals surface area (Å²) in [4.78, 5) is 9.70. The molecule has 0 aliphatic carbocycles. The minimum Gasteiger partial charge on any atom is -0.291 e. The van der Waals surface area contributed by atoms with Gasteiger partial charge in [-0.3, -0.25) is 4.79 Å². The molecule has 0 unspecified atom stereocenters. The van der Waals surface area contributed by atoms with Crippen LogP contribution >= 0.6 is 0 Å². The van der Waals surface area contributed by atoms with Crippen LogP contribution in [0.1, 0.15) is 38.5 Å². The third kappa shape index (κ3) is 7.67. The summed E-state index contributed by atoms with van der Waals surface area (Å²) >= 11 is 0. The lowest BCUT2D eigenvalue weighted by atomic mass is 10.1. The maximum atomic E-state index is 9.70. The molecule has 0 aromatic carbocycles. The van der Waals surface area contributed by atoms with Crippen molar-refractivity contribution < 1.29 is 4.79 Å². The van der Waals surface area contributed by atoms with Gasteiger partial charge in [0.15, 0.2) is 6.29 Å². The van der Waals surface area contributed by atoms with Crippen LogP contribution in [0.15, 0.2) is 0 Å². The summed E-state index contributed by atoms with van der Waals surface area (Å²) in [5, 5.41) is 0. The molecule has 0 rings (SSSR count). The number of carbonyl (C=O) groups excluding carboxylic acids is 1. The normalized spacial score (nSPS) is 9.44. The predicted octanol–water partition coefficient (Wildman–Crippen LogP) is 2.27. The second-order valence-corrected chi connectivity index (χ2v) is 2.16. The van der Waals surface area contributed by atoms with E-state index in [1.807, 2.05) is 6.29 Å². The molecule has 1 nitrogen and oxygen atoms in total. The Morgan fingerprint density at radius 3 is 2.33 bits per heavy atom. The summed E-state index contributed by atoms with van der Waals surface area (Å²) in [5.41, 5.74) is 0. The van der Waals surface area contributed by atoms with Gasteiger partial charge in [0.05, 0.1) is 0 Å². The number of hydrogen-bond acceptors (Lipinski definition) is 1. The maximum Gasteiger partial charge on any atom is 0.198 e. The molecule has 1 heteroatoms. The van der Waals surface area contributed by atoms with Gasteiger partial charge in [-0.05, 0) is 6.42 Å². The molecular weight excluding hydrogens is 112 g/mol. The van der Waals surface area contributed by atoms with E-state index in [0.717, 1.165) is 19.3 Å². The fourth-order valence-corrected chi connectivity index (χ4v) is 0.727. The van der Waals surface area contributed by atoms with Gasteiger partial charge in [0.2, 0.25) is 0 Å². The molecule has 0 heterocycles. The van der Waals surface area contributed by atoms with E-state index in [2.05, 4.69) is 6.92 Å². The molecule has 2 radical (unpaired) electrons. The van der Waals surface area contributed by atoms with Crippen molar-refractivity contribution in [3.8, 4) is 0 Å². The van der Waals surface area contributed by atoms with E-state index in [4.69, 9.17) is 0 Å². The summed E-state index contributed by atoms with van der Waals surface area (Å²) in [7, 11) is 0. The Balaban J connectivity index is 2.66. The van der Waals surface area contributed by atoms with Crippen LogP contribution in [0, 0.1) is 6.92 Å². The molecule has 0 saturated carbocycles. The van der Waals surface area contributed by atoms with E-state index in [1.54, 1.807) is 0 Å². The van der Waals surface area contributed by atoms with Crippen LogP contribution in [-0.2, 0) is 4.79 Å². The molecule has 0 aliphatic rings. The summed E-state index contributed by atoms with van der Waals surface area (Å²) in [6.07, 6.45) is 8.07. The van der Waals surface area contributed by atoms with Crippen LogP contribution in [0.4, 0.5) is 0 Å². The molecule has 0 aromatic heterocycles. The molecule has 0 atom stereocenters. The highest BCUT2D eigenvalue weighted by Crippen LogP contribution is 2.02. The average Bonchev–Trinajstić information content (AvgIpc) is 1.89. The second kappa shape index (κ2) is 7.67. The molecule has 0 bridgehead atoms. The average molecular weight is 126 g/mol. The number of hydrogen-bond donors (Lipinski definition) is 0. The highest BCUT2D eigenvalue weighted by molar-refractivity contribution is 5.50. The molecule has 0 aliphatic heterocycles. The molecular formula is C8H14O. The van der Waals surface area contributed by atoms with Crippen molar-refractivity contribution in [3.63, 3.8) is 0 Å². The lowest BCUT2D eigenvalue weighted by Gasteiger charge is -1.93. The lowest BCUT2D eigenvalue weighted by Crippen LogP contribution is -1.78. The first-order valence-corrected chi connectivity index (χ1v) is 3.56. The van der Waals surface area contributed by atoms with Gasteiger partial charge in [-0.15, -0.1) is 0 Å². The zero-order valence-corrected chi connectivity index (χ0v) is 5.86. The van der Waals surface area contributed by atoms with Crippen LogP contribution in [0.5, 0.6) is 0 Å². The van der Waals surface area contributed by atoms with Gasteiger partial charge in [-0.25, -0.2) is 0 Å². The highest BCUT2D eigenvalue weighted by atomic mass is 16.1. The summed E-state index contributed by atoms with van der Waals surface area (Å²) < 4.78 is 0. The van der Waals surface area contributed by atoms with E-state index in [9.17, 15) is 4.79 Å². The van der Waals surface area contributed by atoms with Crippen molar-refractivity contribution in [2.75, 3.05) is 0 Å². The fourth-order valence-electron chi connectivity index (χ4n) is 0.727. The van der Waals surface area contributed by atoms with Gasteiger partial charge in [0.25, 0.3) is 0 Å². The lowest BCUT2D eigenvalue weighted by molar-refractivity contribution is 0.544. The molecule has 0 spiro atoms. The van der Waals surface area contributed by atoms with Crippen molar-refractivity contribution in [3.05, 3.63) is 6.92 Å². The van der Waals surface area contributed by atoms with E-state index in [1.165, 1.54) is 12.8 Å². The third-order valence-corrected chi connectivity index (χ3v) is 1.28. The molecule has 0 N–H and O–H groups in total. The van der Waals surface area contributed by atoms with Gasteiger partial charge >= 0.3 is 0 Å². The fraction of sp³-hybridized carbons (Fsp3) is 0.750. The molecule has 9 heavy (non-hydrogen) atoms. The van der Waals surface area contributed by atoms with Gasteiger partial charge in [-0.2, -0.15) is 0 Å². The Kier molecular flexibility index (Phi) is 7.39. The smallest absolute Gasteiger partial charge is 0.198 e. The number of rotatable bonds is 6. The summed E-state index contributed by atoms with van der Waals surface area (Å²) in [6, 6.07) is 0. The minimum atomic E-state index is 0.608. The summed E-state index contributed by atoms with van der Waals surface area (Å²) in [5.74, 6) is 0. The zero-order valence-electron chi connectivity index (χ0n) is 5.86. The Morgan fingerprint density at radius 2 is 1.78 bits per heavy atom. The maximum absolute atomic E-state index is 9.70. The van der Waals surface area contributed by atoms with Gasteiger partial charge in [0, 0.05) is 6.42 Å². The van der Waals surface area contributed by atoms with Crippen LogP contribution in [0.2, 0.25) is 0 Å². The predicted molar refractivity (Wildman–Crippen MR) is 38.8 cm³/mol. The van der Waals surface area contributed by atoms with Crippen molar-refractivity contribution in [2.24, 2.45) is 0 Å². The van der Waals surface area contributed by atoms with Gasteiger partial charge < -0.3 is 0 Å². The first kappa shape index (κ1) is 8.67. The molecule has 52 valence electrons. The molecule has 0 amide bonds. The zero-order chi connectivity index (χ0) is 6.95. The number of unbranched alkanes of at least 4 members (excludes halogenated alkanes) is 5. The van der Waals surface area contributed by atoms with Gasteiger partial charge in [0.1, 0.15) is 0 Å². The van der Waals surface area contributed by atoms with E-state index in [-0.39, 0.29) is 0 Å². The van der Waals surface area contributed by atoms with E-state index >= 15 is 0 Å². The third-order valence-electron chi connectivity index (χ3n) is 1.28. The Labute approximate surface area is 57.5 Å². The van der Waals surface area contributed by atoms with E-state index in [0.29, 0.717) is 6.42 Å². The Bertz CT molecular complexity index is 59.6. The first-order chi connectivity index (χ1) is 4.41. The standard InChI is InChI=1S/C8H14O/c1-2-3-4-5-6-7-8-9/h1-7H2. The topological polar surface area (TPSA) is 17.1 Å². The molecule has 0 aromatic rings. The highest BCUT2D eigenvalue weighted by Gasteiger charge is 1.86. The van der Waals surface area contributed by atoms with Crippen LogP contribution in [0.25, 0.3) is 0 Å². The second-order valence-electron chi connectivity index (χ2n) is 2.16. The van der Waals surface area contributed by atoms with Crippen molar-refractivity contribution >= 4 is 6.29 Å². The van der Waals surface area contributed by atoms with Crippen molar-refractivity contribution in [2.45, 2.75) is 38.5 Å². The van der Waals surface area contributed by atoms with E-state index < -0.39 is 0 Å². The van der Waals surface area contributed by atoms with Crippen LogP contribution < -0.4 is 0 Å². The largest absolute Gasteiger partial charge is 0.291 e. The SMILES string of the molecule is [CH2]CCCCCC[C]=O. The van der Waals surface area contributed by atoms with Crippen LogP contribution in [0.3, 0.4) is 0 Å². The minimum absolute atomic E-state index is 0.608. The first-order valence-electron chi connectivity index (χ1n) is 3.56. The Hall–Kier alpha value is -0.330. The van der Waals surface area contributed by atoms with Crippen molar-refractivity contribution in [1.29, 1.82) is 0 Å². The quantitative estimate of drug-likeness (QED) is 0.499. The monoisotopic (exact) mass is 126 g/mol. The Morgan fingerprint density at radius 1 is 1.11 bits per heavy atom. The summed E-state index contributed by atoms with van der Waals surface area (Å²) in [6.45, 7) is 3.73. The van der Waals surface area contributed by atoms with Gasteiger partial charge in [-0.1, -0.05) is 32.6 Å².